The van der Waals surface area contributed by atoms with E-state index in [2.05, 4.69) is 42.0 Å². The van der Waals surface area contributed by atoms with Crippen LogP contribution in [0.2, 0.25) is 0 Å². The van der Waals surface area contributed by atoms with Crippen molar-refractivity contribution in [1.29, 1.82) is 0 Å². The Morgan fingerprint density at radius 2 is 1.77 bits per heavy atom. The number of hydrogen-bond donors (Lipinski definition) is 0. The van der Waals surface area contributed by atoms with E-state index in [1.165, 1.54) is 18.6 Å². The van der Waals surface area contributed by atoms with Crippen molar-refractivity contribution in [3.8, 4) is 5.69 Å². The average Bonchev–Trinajstić information content (AvgIpc) is 3.09. The highest BCUT2D eigenvalue weighted by atomic mass is 32.1. The number of ketones is 1. The number of hydrogen-bond acceptors (Lipinski definition) is 5. The Labute approximate surface area is 186 Å². The lowest BCUT2D eigenvalue weighted by Crippen LogP contribution is -2.47. The summed E-state index contributed by atoms with van der Waals surface area (Å²) in [5, 5.41) is 4.50. The first-order valence-electron chi connectivity index (χ1n) is 10.3. The Morgan fingerprint density at radius 1 is 1.06 bits per heavy atom. The van der Waals surface area contributed by atoms with Crippen LogP contribution in [0.1, 0.15) is 28.4 Å². The molecule has 162 valence electrons. The lowest BCUT2D eigenvalue weighted by Gasteiger charge is -2.36. The zero-order chi connectivity index (χ0) is 22.1. The molecule has 1 fully saturated rings. The number of Topliss-reactive ketones (excluding diaryl/α,β-unsaturated/α-hetero) is 1. The summed E-state index contributed by atoms with van der Waals surface area (Å²) in [7, 11) is 0. The van der Waals surface area contributed by atoms with Crippen LogP contribution in [0.3, 0.4) is 0 Å². The van der Waals surface area contributed by atoms with E-state index in [1.807, 2.05) is 14.1 Å². The summed E-state index contributed by atoms with van der Waals surface area (Å²) < 4.78 is 18.9. The lowest BCUT2D eigenvalue weighted by atomic mass is 10.1. The van der Waals surface area contributed by atoms with Crippen molar-refractivity contribution in [3.05, 3.63) is 70.0 Å². The number of rotatable bonds is 5. The standard InChI is InChI=1S/C23H26FN5OS/c1-16-4-6-21(17(2)12-16)28-14-25-29(23(28)31)15-26-8-10-27(11-9-26)22-7-5-19(18(3)30)13-20(22)24/h4-7,12-14H,8-11,15H2,1-3H3. The van der Waals surface area contributed by atoms with Crippen molar-refractivity contribution >= 4 is 23.7 Å². The van der Waals surface area contributed by atoms with Crippen molar-refractivity contribution in [2.75, 3.05) is 31.1 Å². The van der Waals surface area contributed by atoms with Crippen molar-refractivity contribution < 1.29 is 9.18 Å². The summed E-state index contributed by atoms with van der Waals surface area (Å²) in [5.74, 6) is -0.483. The molecule has 0 N–H and O–H groups in total. The van der Waals surface area contributed by atoms with Gasteiger partial charge >= 0.3 is 0 Å². The van der Waals surface area contributed by atoms with Crippen LogP contribution in [-0.2, 0) is 6.67 Å². The first-order chi connectivity index (χ1) is 14.8. The average molecular weight is 440 g/mol. The summed E-state index contributed by atoms with van der Waals surface area (Å²) in [6, 6.07) is 11.0. The maximum absolute atomic E-state index is 14.5. The molecule has 31 heavy (non-hydrogen) atoms. The highest BCUT2D eigenvalue weighted by molar-refractivity contribution is 7.71. The molecular weight excluding hydrogens is 413 g/mol. The Hall–Kier alpha value is -2.84. The molecule has 0 bridgehead atoms. The van der Waals surface area contributed by atoms with Gasteiger partial charge in [-0.2, -0.15) is 5.10 Å². The predicted octanol–water partition coefficient (Wildman–Crippen LogP) is 4.14. The maximum atomic E-state index is 14.5. The lowest BCUT2D eigenvalue weighted by molar-refractivity contribution is 0.101. The smallest absolute Gasteiger partial charge is 0.203 e. The van der Waals surface area contributed by atoms with Crippen LogP contribution < -0.4 is 4.90 Å². The highest BCUT2D eigenvalue weighted by Crippen LogP contribution is 2.23. The summed E-state index contributed by atoms with van der Waals surface area (Å²) in [4.78, 5) is 15.7. The van der Waals surface area contributed by atoms with Gasteiger partial charge in [-0.1, -0.05) is 17.7 Å². The minimum Gasteiger partial charge on any atom is -0.367 e. The maximum Gasteiger partial charge on any atom is 0.203 e. The predicted molar refractivity (Wildman–Crippen MR) is 122 cm³/mol. The molecule has 1 saturated heterocycles. The molecule has 4 rings (SSSR count). The van der Waals surface area contributed by atoms with E-state index in [0.29, 0.717) is 35.8 Å². The third-order valence-electron chi connectivity index (χ3n) is 5.75. The molecule has 3 aromatic rings. The summed E-state index contributed by atoms with van der Waals surface area (Å²) in [5.41, 5.74) is 4.35. The third-order valence-corrected chi connectivity index (χ3v) is 6.15. The van der Waals surface area contributed by atoms with Gasteiger partial charge in [0.1, 0.15) is 12.1 Å². The van der Waals surface area contributed by atoms with Crippen LogP contribution in [0.15, 0.2) is 42.7 Å². The monoisotopic (exact) mass is 439 g/mol. The molecular formula is C23H26FN5OS. The fourth-order valence-corrected chi connectivity index (χ4v) is 4.23. The molecule has 0 aliphatic carbocycles. The van der Waals surface area contributed by atoms with Crippen molar-refractivity contribution in [2.24, 2.45) is 0 Å². The second kappa shape index (κ2) is 8.72. The highest BCUT2D eigenvalue weighted by Gasteiger charge is 2.21. The molecule has 1 aromatic heterocycles. The minimum atomic E-state index is -0.351. The number of piperazine rings is 1. The van der Waals surface area contributed by atoms with Gasteiger partial charge in [0.05, 0.1) is 18.0 Å². The number of carbonyl (C=O) groups excluding carboxylic acids is 1. The van der Waals surface area contributed by atoms with E-state index in [0.717, 1.165) is 24.3 Å². The zero-order valence-electron chi connectivity index (χ0n) is 18.0. The van der Waals surface area contributed by atoms with E-state index < -0.39 is 0 Å². The molecule has 0 spiro atoms. The molecule has 1 aliphatic rings. The molecule has 2 aromatic carbocycles. The topological polar surface area (TPSA) is 46.3 Å². The van der Waals surface area contributed by atoms with E-state index in [-0.39, 0.29) is 11.6 Å². The van der Waals surface area contributed by atoms with Gasteiger partial charge in [0, 0.05) is 31.7 Å². The van der Waals surface area contributed by atoms with Gasteiger partial charge in [0.15, 0.2) is 5.78 Å². The van der Waals surface area contributed by atoms with Gasteiger partial charge in [-0.25, -0.2) is 9.07 Å². The van der Waals surface area contributed by atoms with Crippen molar-refractivity contribution in [1.82, 2.24) is 19.2 Å². The molecule has 0 atom stereocenters. The van der Waals surface area contributed by atoms with Gasteiger partial charge in [-0.15, -0.1) is 0 Å². The fraction of sp³-hybridized carbons (Fsp3) is 0.348. The number of aryl methyl sites for hydroxylation is 2. The van der Waals surface area contributed by atoms with Gasteiger partial charge in [0.25, 0.3) is 0 Å². The van der Waals surface area contributed by atoms with Gasteiger partial charge < -0.3 is 4.90 Å². The molecule has 1 aliphatic heterocycles. The fourth-order valence-electron chi connectivity index (χ4n) is 3.98. The quantitative estimate of drug-likeness (QED) is 0.442. The number of aromatic nitrogens is 3. The normalized spacial score (nSPS) is 14.8. The molecule has 0 radical (unpaired) electrons. The van der Waals surface area contributed by atoms with Crippen LogP contribution in [-0.4, -0.2) is 51.2 Å². The third kappa shape index (κ3) is 4.45. The number of nitrogens with zero attached hydrogens (tertiary/aromatic N) is 5. The van der Waals surface area contributed by atoms with Crippen LogP contribution in [0.25, 0.3) is 5.69 Å². The molecule has 0 unspecified atom stereocenters. The van der Waals surface area contributed by atoms with Crippen LogP contribution >= 0.6 is 12.2 Å². The van der Waals surface area contributed by atoms with E-state index in [4.69, 9.17) is 12.2 Å². The number of benzene rings is 2. The van der Waals surface area contributed by atoms with E-state index in [9.17, 15) is 9.18 Å². The van der Waals surface area contributed by atoms with Crippen molar-refractivity contribution in [3.63, 3.8) is 0 Å². The Morgan fingerprint density at radius 3 is 2.42 bits per heavy atom. The molecule has 6 nitrogen and oxygen atoms in total. The SMILES string of the molecule is CC(=O)c1ccc(N2CCN(Cn3ncn(-c4ccc(C)cc4C)c3=S)CC2)c(F)c1. The minimum absolute atomic E-state index is 0.132. The largest absolute Gasteiger partial charge is 0.367 e. The summed E-state index contributed by atoms with van der Waals surface area (Å²) in [6.45, 7) is 9.11. The van der Waals surface area contributed by atoms with Crippen molar-refractivity contribution in [2.45, 2.75) is 27.4 Å². The van der Waals surface area contributed by atoms with Crippen LogP contribution in [0.4, 0.5) is 10.1 Å². The second-order valence-corrected chi connectivity index (χ2v) is 8.41. The number of anilines is 1. The first kappa shape index (κ1) is 21.4. The summed E-state index contributed by atoms with van der Waals surface area (Å²) in [6.07, 6.45) is 1.77. The van der Waals surface area contributed by atoms with E-state index >= 15 is 0 Å². The van der Waals surface area contributed by atoms with Gasteiger partial charge in [0.2, 0.25) is 4.77 Å². The first-order valence-corrected chi connectivity index (χ1v) is 10.7. The second-order valence-electron chi connectivity index (χ2n) is 8.04. The van der Waals surface area contributed by atoms with E-state index in [1.54, 1.807) is 18.5 Å². The molecule has 2 heterocycles. The molecule has 8 heteroatoms. The van der Waals surface area contributed by atoms with Gasteiger partial charge in [-0.05, 0) is 62.8 Å². The Bertz CT molecular complexity index is 1180. The molecule has 0 amide bonds. The number of carbonyl (C=O) groups is 1. The van der Waals surface area contributed by atoms with Crippen LogP contribution in [0.5, 0.6) is 0 Å². The Balaban J connectivity index is 1.42. The van der Waals surface area contributed by atoms with Crippen LogP contribution in [0, 0.1) is 24.4 Å². The summed E-state index contributed by atoms with van der Waals surface area (Å²) >= 11 is 5.67. The zero-order valence-corrected chi connectivity index (χ0v) is 18.8. The Kier molecular flexibility index (Phi) is 6.02. The number of halogens is 1. The van der Waals surface area contributed by atoms with Gasteiger partial charge in [-0.3, -0.25) is 14.3 Å². The molecule has 0 saturated carbocycles.